The second-order valence-corrected chi connectivity index (χ2v) is 13.7. The molecule has 0 unspecified atom stereocenters. The number of amides is 2. The van der Waals surface area contributed by atoms with Gasteiger partial charge in [0.1, 0.15) is 0 Å². The molecule has 0 aromatic heterocycles. The average molecular weight is 586 g/mol. The summed E-state index contributed by atoms with van der Waals surface area (Å²) in [5.74, 6) is 2.41. The lowest BCUT2D eigenvalue weighted by Gasteiger charge is -2.41. The fourth-order valence-corrected chi connectivity index (χ4v) is 6.62. The van der Waals surface area contributed by atoms with Crippen molar-refractivity contribution in [2.24, 2.45) is 34.5 Å². The highest BCUT2D eigenvalue weighted by Gasteiger charge is 2.44. The van der Waals surface area contributed by atoms with Crippen LogP contribution in [0.4, 0.5) is 11.4 Å². The fraction of sp³-hybridized carbons (Fsp3) is 0.568. The van der Waals surface area contributed by atoms with Crippen LogP contribution in [-0.4, -0.2) is 17.6 Å². The van der Waals surface area contributed by atoms with Crippen molar-refractivity contribution in [2.45, 2.75) is 99.8 Å². The summed E-state index contributed by atoms with van der Waals surface area (Å²) in [4.78, 5) is 37.0. The lowest BCUT2D eigenvalue weighted by Crippen LogP contribution is -2.43. The third kappa shape index (κ3) is 8.34. The molecule has 6 heteroatoms. The molecular weight excluding hydrogens is 534 g/mol. The van der Waals surface area contributed by atoms with Crippen LogP contribution in [0.2, 0.25) is 0 Å². The highest BCUT2D eigenvalue weighted by molar-refractivity contribution is 5.97. The molecule has 2 aromatic carbocycles. The number of ketones is 1. The molecule has 2 aliphatic carbocycles. The number of anilines is 2. The zero-order valence-electron chi connectivity index (χ0n) is 27.3. The number of carbonyl (C=O) groups excluding carboxylic acids is 3. The molecule has 0 radical (unpaired) electrons. The minimum absolute atomic E-state index is 0.0396. The largest absolute Gasteiger partial charge is 0.326 e. The van der Waals surface area contributed by atoms with Gasteiger partial charge in [0.2, 0.25) is 11.8 Å². The Morgan fingerprint density at radius 1 is 0.698 bits per heavy atom. The molecule has 43 heavy (non-hydrogen) atoms. The Morgan fingerprint density at radius 2 is 1.05 bits per heavy atom. The van der Waals surface area contributed by atoms with Crippen molar-refractivity contribution in [1.82, 2.24) is 0 Å². The molecule has 4 rings (SSSR count). The van der Waals surface area contributed by atoms with Crippen LogP contribution in [-0.2, 0) is 9.59 Å². The SMILES string of the molecule is CC(=O)c1ccc(NC(=O)C2(C(C)C)CCC(C)CC2)cc1.CC1CCC(C(=O)Nc2ccc(C#N)cc2)(C(C)C)CC1. The van der Waals surface area contributed by atoms with E-state index < -0.39 is 0 Å². The Kier molecular flexibility index (Phi) is 11.7. The van der Waals surface area contributed by atoms with E-state index >= 15 is 0 Å². The molecule has 2 aliphatic rings. The van der Waals surface area contributed by atoms with Gasteiger partial charge in [0.15, 0.2) is 5.78 Å². The topological polar surface area (TPSA) is 99.1 Å². The molecule has 0 spiro atoms. The highest BCUT2D eigenvalue weighted by Crippen LogP contribution is 2.46. The molecule has 2 saturated carbocycles. The average Bonchev–Trinajstić information content (AvgIpc) is 2.98. The monoisotopic (exact) mass is 585 g/mol. The molecular formula is C37H51N3O3. The molecule has 2 fully saturated rings. The number of benzene rings is 2. The first kappa shape index (κ1) is 34.0. The normalized spacial score (nSPS) is 25.2. The Hall–Kier alpha value is -3.46. The number of hydrogen-bond donors (Lipinski definition) is 2. The van der Waals surface area contributed by atoms with Crippen molar-refractivity contribution in [2.75, 3.05) is 10.6 Å². The predicted octanol–water partition coefficient (Wildman–Crippen LogP) is 9.03. The number of carbonyl (C=O) groups is 3. The number of nitrogens with one attached hydrogen (secondary N) is 2. The van der Waals surface area contributed by atoms with E-state index in [2.05, 4.69) is 58.2 Å². The van der Waals surface area contributed by atoms with Crippen LogP contribution in [0.3, 0.4) is 0 Å². The Morgan fingerprint density at radius 3 is 1.35 bits per heavy atom. The van der Waals surface area contributed by atoms with E-state index in [0.29, 0.717) is 23.0 Å². The number of nitrogens with zero attached hydrogens (tertiary/aromatic N) is 1. The zero-order chi connectivity index (χ0) is 31.8. The number of Topliss-reactive ketones (excluding diaryl/α,β-unsaturated/α-hetero) is 1. The maximum absolute atomic E-state index is 12.9. The fourth-order valence-electron chi connectivity index (χ4n) is 6.62. The molecule has 2 N–H and O–H groups in total. The van der Waals surface area contributed by atoms with Crippen molar-refractivity contribution >= 4 is 29.0 Å². The molecule has 2 amide bonds. The molecule has 0 bridgehead atoms. The van der Waals surface area contributed by atoms with Crippen LogP contribution in [0.25, 0.3) is 0 Å². The summed E-state index contributed by atoms with van der Waals surface area (Å²) in [6.07, 6.45) is 8.34. The van der Waals surface area contributed by atoms with Gasteiger partial charge in [-0.25, -0.2) is 0 Å². The van der Waals surface area contributed by atoms with E-state index in [0.717, 1.165) is 74.6 Å². The number of nitriles is 1. The van der Waals surface area contributed by atoms with Crippen molar-refractivity contribution in [3.63, 3.8) is 0 Å². The Labute approximate surface area is 259 Å². The molecule has 0 heterocycles. The summed E-state index contributed by atoms with van der Waals surface area (Å²) in [6.45, 7) is 14.7. The van der Waals surface area contributed by atoms with E-state index in [1.54, 1.807) is 43.3 Å². The standard InChI is InChI=1S/C19H27NO2.C18H24N2O/c1-13(2)19(11-9-14(3)10-12-19)18(22)20-17-7-5-16(6-8-17)15(4)21;1-13(2)18(10-8-14(3)9-11-18)17(21)20-16-6-4-15(12-19)5-7-16/h5-8,13-14H,9-12H2,1-4H3,(H,20,22);4-7,13-14H,8-11H2,1-3H3,(H,20,21). The minimum Gasteiger partial charge on any atom is -0.326 e. The van der Waals surface area contributed by atoms with Gasteiger partial charge in [-0.05, 0) is 130 Å². The Balaban J connectivity index is 0.000000236. The van der Waals surface area contributed by atoms with E-state index in [9.17, 15) is 14.4 Å². The first-order valence-electron chi connectivity index (χ1n) is 16.1. The third-order valence-electron chi connectivity index (χ3n) is 10.3. The summed E-state index contributed by atoms with van der Waals surface area (Å²) in [5, 5.41) is 14.9. The van der Waals surface area contributed by atoms with Gasteiger partial charge in [0.25, 0.3) is 0 Å². The summed E-state index contributed by atoms with van der Waals surface area (Å²) in [6, 6.07) is 16.3. The van der Waals surface area contributed by atoms with Gasteiger partial charge < -0.3 is 10.6 Å². The van der Waals surface area contributed by atoms with E-state index in [-0.39, 0.29) is 28.4 Å². The maximum atomic E-state index is 12.9. The minimum atomic E-state index is -0.258. The van der Waals surface area contributed by atoms with Crippen molar-refractivity contribution in [1.29, 1.82) is 5.26 Å². The molecule has 0 saturated heterocycles. The van der Waals surface area contributed by atoms with Gasteiger partial charge in [-0.15, -0.1) is 0 Å². The van der Waals surface area contributed by atoms with Crippen LogP contribution < -0.4 is 10.6 Å². The molecule has 6 nitrogen and oxygen atoms in total. The summed E-state index contributed by atoms with van der Waals surface area (Å²) >= 11 is 0. The Bertz CT molecular complexity index is 1270. The third-order valence-corrected chi connectivity index (χ3v) is 10.3. The predicted molar refractivity (Wildman–Crippen MR) is 175 cm³/mol. The molecule has 232 valence electrons. The second kappa shape index (κ2) is 14.8. The van der Waals surface area contributed by atoms with Crippen LogP contribution >= 0.6 is 0 Å². The van der Waals surface area contributed by atoms with Crippen molar-refractivity contribution < 1.29 is 14.4 Å². The van der Waals surface area contributed by atoms with Gasteiger partial charge in [-0.2, -0.15) is 5.26 Å². The lowest BCUT2D eigenvalue weighted by atomic mass is 9.64. The summed E-state index contributed by atoms with van der Waals surface area (Å²) < 4.78 is 0. The second-order valence-electron chi connectivity index (χ2n) is 13.7. The lowest BCUT2D eigenvalue weighted by molar-refractivity contribution is -0.131. The molecule has 0 atom stereocenters. The number of hydrogen-bond acceptors (Lipinski definition) is 4. The van der Waals surface area contributed by atoms with Gasteiger partial charge >= 0.3 is 0 Å². The zero-order valence-corrected chi connectivity index (χ0v) is 27.3. The van der Waals surface area contributed by atoms with Crippen LogP contribution in [0.15, 0.2) is 48.5 Å². The summed E-state index contributed by atoms with van der Waals surface area (Å²) in [7, 11) is 0. The van der Waals surface area contributed by atoms with Crippen LogP contribution in [0.5, 0.6) is 0 Å². The number of rotatable bonds is 7. The van der Waals surface area contributed by atoms with Crippen molar-refractivity contribution in [3.05, 3.63) is 59.7 Å². The summed E-state index contributed by atoms with van der Waals surface area (Å²) in [5.41, 5.74) is 2.32. The first-order chi connectivity index (χ1) is 20.3. The van der Waals surface area contributed by atoms with Gasteiger partial charge in [-0.1, -0.05) is 41.5 Å². The maximum Gasteiger partial charge on any atom is 0.230 e. The van der Waals surface area contributed by atoms with Gasteiger partial charge in [-0.3, -0.25) is 14.4 Å². The van der Waals surface area contributed by atoms with E-state index in [1.165, 1.54) is 0 Å². The molecule has 0 aliphatic heterocycles. The van der Waals surface area contributed by atoms with Crippen LogP contribution in [0, 0.1) is 45.8 Å². The first-order valence-corrected chi connectivity index (χ1v) is 16.1. The van der Waals surface area contributed by atoms with Crippen molar-refractivity contribution in [3.8, 4) is 6.07 Å². The molecule has 2 aromatic rings. The van der Waals surface area contributed by atoms with Gasteiger partial charge in [0.05, 0.1) is 22.5 Å². The van der Waals surface area contributed by atoms with Gasteiger partial charge in [0, 0.05) is 16.9 Å². The quantitative estimate of drug-likeness (QED) is 0.317. The highest BCUT2D eigenvalue weighted by atomic mass is 16.2. The van der Waals surface area contributed by atoms with Crippen LogP contribution in [0.1, 0.15) is 116 Å². The van der Waals surface area contributed by atoms with E-state index in [1.807, 2.05) is 12.1 Å². The van der Waals surface area contributed by atoms with E-state index in [4.69, 9.17) is 5.26 Å². The smallest absolute Gasteiger partial charge is 0.230 e.